The number of rotatable bonds is 5. The average Bonchev–Trinajstić information content (AvgIpc) is 2.51. The molecule has 0 N–H and O–H groups in total. The highest BCUT2D eigenvalue weighted by Crippen LogP contribution is 2.12. The Kier molecular flexibility index (Phi) is 6.46. The van der Waals surface area contributed by atoms with Crippen molar-refractivity contribution in [3.63, 3.8) is 0 Å². The number of benzene rings is 1. The van der Waals surface area contributed by atoms with Gasteiger partial charge in [-0.15, -0.1) is 0 Å². The van der Waals surface area contributed by atoms with Gasteiger partial charge in [0.2, 0.25) is 0 Å². The Hall–Kier alpha value is -1.55. The molecule has 1 amide bonds. The summed E-state index contributed by atoms with van der Waals surface area (Å²) in [5, 5.41) is 0. The van der Waals surface area contributed by atoms with Crippen LogP contribution in [0.1, 0.15) is 39.2 Å². The lowest BCUT2D eigenvalue weighted by Gasteiger charge is -2.35. The second-order valence-corrected chi connectivity index (χ2v) is 7.25. The van der Waals surface area contributed by atoms with E-state index in [0.717, 1.165) is 39.1 Å². The van der Waals surface area contributed by atoms with E-state index in [1.54, 1.807) is 0 Å². The van der Waals surface area contributed by atoms with Crippen LogP contribution in [0.25, 0.3) is 0 Å². The smallest absolute Gasteiger partial charge is 0.410 e. The highest BCUT2D eigenvalue weighted by Gasteiger charge is 2.25. The third-order valence-electron chi connectivity index (χ3n) is 4.06. The lowest BCUT2D eigenvalue weighted by molar-refractivity contribution is 0.0144. The normalized spacial score (nSPS) is 16.4. The molecule has 1 aromatic rings. The molecular weight excluding hydrogens is 288 g/mol. The fourth-order valence-corrected chi connectivity index (χ4v) is 2.79. The van der Waals surface area contributed by atoms with Crippen LogP contribution in [0, 0.1) is 0 Å². The monoisotopic (exact) mass is 318 g/mol. The van der Waals surface area contributed by atoms with Gasteiger partial charge in [0.25, 0.3) is 0 Å². The van der Waals surface area contributed by atoms with Gasteiger partial charge in [0.05, 0.1) is 0 Å². The van der Waals surface area contributed by atoms with Crippen molar-refractivity contribution in [2.24, 2.45) is 0 Å². The number of hydrogen-bond acceptors (Lipinski definition) is 3. The summed E-state index contributed by atoms with van der Waals surface area (Å²) in [6.07, 6.45) is 3.40. The standard InChI is InChI=1S/C19H30N2O2/c1-19(2,3)23-18(22)21-15-13-20(14-16-21)12-8-7-11-17-9-5-4-6-10-17/h4-6,9-10H,7-8,11-16H2,1-3H3. The summed E-state index contributed by atoms with van der Waals surface area (Å²) in [6.45, 7) is 10.3. The lowest BCUT2D eigenvalue weighted by atomic mass is 10.1. The molecule has 1 aliphatic heterocycles. The second-order valence-electron chi connectivity index (χ2n) is 7.25. The fourth-order valence-electron chi connectivity index (χ4n) is 2.79. The van der Waals surface area contributed by atoms with Gasteiger partial charge in [0.1, 0.15) is 5.60 Å². The molecule has 0 atom stereocenters. The zero-order chi connectivity index (χ0) is 16.7. The first-order valence-corrected chi connectivity index (χ1v) is 8.68. The van der Waals surface area contributed by atoms with E-state index in [9.17, 15) is 4.79 Å². The van der Waals surface area contributed by atoms with Gasteiger partial charge in [-0.05, 0) is 52.1 Å². The van der Waals surface area contributed by atoms with Crippen LogP contribution in [0.5, 0.6) is 0 Å². The number of carbonyl (C=O) groups excluding carboxylic acids is 1. The molecule has 1 aromatic carbocycles. The molecular formula is C19H30N2O2. The summed E-state index contributed by atoms with van der Waals surface area (Å²) in [7, 11) is 0. The number of unbranched alkanes of at least 4 members (excludes halogenated alkanes) is 1. The molecule has 0 aromatic heterocycles. The quantitative estimate of drug-likeness (QED) is 0.778. The van der Waals surface area contributed by atoms with Gasteiger partial charge in [0, 0.05) is 26.2 Å². The molecule has 0 unspecified atom stereocenters. The molecule has 1 heterocycles. The van der Waals surface area contributed by atoms with Crippen LogP contribution in [0.15, 0.2) is 30.3 Å². The Morgan fingerprint density at radius 3 is 2.30 bits per heavy atom. The number of hydrogen-bond donors (Lipinski definition) is 0. The van der Waals surface area contributed by atoms with Gasteiger partial charge >= 0.3 is 6.09 Å². The van der Waals surface area contributed by atoms with Crippen molar-refractivity contribution in [3.05, 3.63) is 35.9 Å². The summed E-state index contributed by atoms with van der Waals surface area (Å²) in [4.78, 5) is 16.3. The van der Waals surface area contributed by atoms with E-state index < -0.39 is 5.60 Å². The van der Waals surface area contributed by atoms with E-state index in [-0.39, 0.29) is 6.09 Å². The molecule has 4 nitrogen and oxygen atoms in total. The predicted molar refractivity (Wildman–Crippen MR) is 93.6 cm³/mol. The first kappa shape index (κ1) is 17.8. The third-order valence-corrected chi connectivity index (χ3v) is 4.06. The van der Waals surface area contributed by atoms with E-state index in [1.807, 2.05) is 25.7 Å². The second kappa shape index (κ2) is 8.34. The number of nitrogens with zero attached hydrogens (tertiary/aromatic N) is 2. The van der Waals surface area contributed by atoms with Crippen LogP contribution < -0.4 is 0 Å². The highest BCUT2D eigenvalue weighted by atomic mass is 16.6. The molecule has 4 heteroatoms. The van der Waals surface area contributed by atoms with E-state index in [1.165, 1.54) is 18.4 Å². The van der Waals surface area contributed by atoms with Crippen LogP contribution in [0.4, 0.5) is 4.79 Å². The Labute approximate surface area is 140 Å². The maximum atomic E-state index is 12.0. The average molecular weight is 318 g/mol. The van der Waals surface area contributed by atoms with E-state index in [2.05, 4.69) is 35.2 Å². The molecule has 0 saturated carbocycles. The Morgan fingerprint density at radius 1 is 1.04 bits per heavy atom. The van der Waals surface area contributed by atoms with Crippen LogP contribution in [0.2, 0.25) is 0 Å². The molecule has 0 aliphatic carbocycles. The first-order chi connectivity index (χ1) is 10.9. The Bertz CT molecular complexity index is 474. The number of aryl methyl sites for hydroxylation is 1. The highest BCUT2D eigenvalue weighted by molar-refractivity contribution is 5.68. The number of amides is 1. The number of piperazine rings is 1. The van der Waals surface area contributed by atoms with E-state index >= 15 is 0 Å². The molecule has 128 valence electrons. The molecule has 1 fully saturated rings. The minimum absolute atomic E-state index is 0.179. The van der Waals surface area contributed by atoms with Crippen molar-refractivity contribution in [3.8, 4) is 0 Å². The molecule has 23 heavy (non-hydrogen) atoms. The largest absolute Gasteiger partial charge is 0.444 e. The van der Waals surface area contributed by atoms with Gasteiger partial charge in [-0.1, -0.05) is 30.3 Å². The van der Waals surface area contributed by atoms with Gasteiger partial charge < -0.3 is 9.64 Å². The summed E-state index contributed by atoms with van der Waals surface area (Å²) in [5.74, 6) is 0. The van der Waals surface area contributed by atoms with E-state index in [0.29, 0.717) is 0 Å². The van der Waals surface area contributed by atoms with Crippen molar-refractivity contribution in [1.29, 1.82) is 0 Å². The maximum absolute atomic E-state index is 12.0. The lowest BCUT2D eigenvalue weighted by Crippen LogP contribution is -2.50. The Morgan fingerprint density at radius 2 is 1.70 bits per heavy atom. The van der Waals surface area contributed by atoms with Crippen LogP contribution in [-0.2, 0) is 11.2 Å². The zero-order valence-electron chi connectivity index (χ0n) is 14.8. The van der Waals surface area contributed by atoms with E-state index in [4.69, 9.17) is 4.74 Å². The first-order valence-electron chi connectivity index (χ1n) is 8.68. The van der Waals surface area contributed by atoms with Crippen molar-refractivity contribution in [2.75, 3.05) is 32.7 Å². The van der Waals surface area contributed by atoms with Crippen molar-refractivity contribution >= 4 is 6.09 Å². The zero-order valence-corrected chi connectivity index (χ0v) is 14.8. The third kappa shape index (κ3) is 6.61. The van der Waals surface area contributed by atoms with Crippen molar-refractivity contribution in [1.82, 2.24) is 9.80 Å². The van der Waals surface area contributed by atoms with Crippen molar-refractivity contribution in [2.45, 2.75) is 45.6 Å². The van der Waals surface area contributed by atoms with Gasteiger partial charge in [-0.2, -0.15) is 0 Å². The van der Waals surface area contributed by atoms with Crippen LogP contribution in [-0.4, -0.2) is 54.2 Å². The Balaban J connectivity index is 1.60. The van der Waals surface area contributed by atoms with Gasteiger partial charge in [-0.3, -0.25) is 4.90 Å². The van der Waals surface area contributed by atoms with Crippen molar-refractivity contribution < 1.29 is 9.53 Å². The molecule has 0 spiro atoms. The summed E-state index contributed by atoms with van der Waals surface area (Å²) in [6, 6.07) is 10.7. The topological polar surface area (TPSA) is 32.8 Å². The fraction of sp³-hybridized carbons (Fsp3) is 0.632. The van der Waals surface area contributed by atoms with Gasteiger partial charge in [0.15, 0.2) is 0 Å². The molecule has 0 bridgehead atoms. The molecule has 1 aliphatic rings. The summed E-state index contributed by atoms with van der Waals surface area (Å²) >= 11 is 0. The SMILES string of the molecule is CC(C)(C)OC(=O)N1CCN(CCCCc2ccccc2)CC1. The predicted octanol–water partition coefficient (Wildman–Crippen LogP) is 3.56. The minimum atomic E-state index is -0.411. The summed E-state index contributed by atoms with van der Waals surface area (Å²) in [5.41, 5.74) is 1.01. The molecule has 1 saturated heterocycles. The minimum Gasteiger partial charge on any atom is -0.444 e. The molecule has 2 rings (SSSR count). The maximum Gasteiger partial charge on any atom is 0.410 e. The molecule has 0 radical (unpaired) electrons. The number of ether oxygens (including phenoxy) is 1. The number of carbonyl (C=O) groups is 1. The van der Waals surface area contributed by atoms with Crippen LogP contribution >= 0.6 is 0 Å². The van der Waals surface area contributed by atoms with Gasteiger partial charge in [-0.25, -0.2) is 4.79 Å². The summed E-state index contributed by atoms with van der Waals surface area (Å²) < 4.78 is 5.43. The van der Waals surface area contributed by atoms with Crippen LogP contribution in [0.3, 0.4) is 0 Å².